The number of amides is 1. The Morgan fingerprint density at radius 1 is 1.32 bits per heavy atom. The minimum absolute atomic E-state index is 0.0230. The van der Waals surface area contributed by atoms with Gasteiger partial charge in [0.2, 0.25) is 0 Å². The van der Waals surface area contributed by atoms with Crippen LogP contribution < -0.4 is 10.1 Å². The molecule has 3 rings (SSSR count). The molecule has 0 saturated carbocycles. The molecule has 8 heteroatoms. The summed E-state index contributed by atoms with van der Waals surface area (Å²) in [6, 6.07) is 10.5. The highest BCUT2D eigenvalue weighted by Gasteiger charge is 2.24. The number of para-hydroxylation sites is 1. The molecule has 0 atom stereocenters. The number of nitrogens with one attached hydrogen (secondary N) is 1. The fraction of sp³-hybridized carbons (Fsp3) is 0.0588. The Morgan fingerprint density at radius 3 is 2.80 bits per heavy atom. The monoisotopic (exact) mass is 438 g/mol. The van der Waals surface area contributed by atoms with Crippen LogP contribution in [0.4, 0.5) is 5.69 Å². The van der Waals surface area contributed by atoms with Gasteiger partial charge in [-0.3, -0.25) is 4.79 Å². The van der Waals surface area contributed by atoms with E-state index < -0.39 is 0 Å². The second-order valence-corrected chi connectivity index (χ2v) is 7.18. The number of amidine groups is 1. The topological polar surface area (TPSA) is 70.9 Å². The third-order valence-electron chi connectivity index (χ3n) is 3.34. The lowest BCUT2D eigenvalue weighted by Crippen LogP contribution is -2.19. The van der Waals surface area contributed by atoms with Crippen molar-refractivity contribution in [3.8, 4) is 11.5 Å². The summed E-state index contributed by atoms with van der Waals surface area (Å²) in [4.78, 5) is 17.0. The van der Waals surface area contributed by atoms with Crippen LogP contribution in [0.15, 0.2) is 50.8 Å². The molecule has 0 unspecified atom stereocenters. The first-order valence-corrected chi connectivity index (χ1v) is 9.08. The molecule has 2 aromatic rings. The number of ether oxygens (including phenoxy) is 1. The maximum Gasteiger partial charge on any atom is 0.264 e. The molecule has 0 radical (unpaired) electrons. The van der Waals surface area contributed by atoms with Crippen LogP contribution in [0, 0.1) is 0 Å². The summed E-state index contributed by atoms with van der Waals surface area (Å²) >= 11 is 10.6. The number of phenols is 1. The number of benzene rings is 2. The largest absolute Gasteiger partial charge is 0.503 e. The van der Waals surface area contributed by atoms with Gasteiger partial charge < -0.3 is 15.2 Å². The van der Waals surface area contributed by atoms with Crippen LogP contribution in [-0.2, 0) is 4.79 Å². The van der Waals surface area contributed by atoms with Crippen LogP contribution >= 0.6 is 39.3 Å². The molecule has 128 valence electrons. The quantitative estimate of drug-likeness (QED) is 0.680. The second-order valence-electron chi connectivity index (χ2n) is 4.95. The van der Waals surface area contributed by atoms with E-state index in [4.69, 9.17) is 16.3 Å². The van der Waals surface area contributed by atoms with Crippen LogP contribution in [0.1, 0.15) is 5.56 Å². The maximum atomic E-state index is 12.2. The third kappa shape index (κ3) is 3.84. The highest BCUT2D eigenvalue weighted by atomic mass is 79.9. The zero-order valence-electron chi connectivity index (χ0n) is 12.9. The van der Waals surface area contributed by atoms with E-state index in [1.54, 1.807) is 30.3 Å². The van der Waals surface area contributed by atoms with Crippen LogP contribution in [0.3, 0.4) is 0 Å². The Kier molecular flexibility index (Phi) is 5.36. The minimum atomic E-state index is -0.266. The number of aromatic hydroxyl groups is 1. The molecule has 0 aromatic heterocycles. The predicted octanol–water partition coefficient (Wildman–Crippen LogP) is 4.71. The Morgan fingerprint density at radius 2 is 2.08 bits per heavy atom. The van der Waals surface area contributed by atoms with Crippen LogP contribution in [-0.4, -0.2) is 23.3 Å². The van der Waals surface area contributed by atoms with Gasteiger partial charge in [-0.05, 0) is 63.6 Å². The number of phenolic OH excluding ortho intramolecular Hbond substituents is 1. The number of carbonyl (C=O) groups is 1. The molecule has 1 aliphatic rings. The standard InChI is InChI=1S/C17H12BrClN2O3S/c1-24-12-7-6-9(14(18)15(12)22)8-13-16(23)21-17(25-13)20-11-5-3-2-4-10(11)19/h2-8,22H,1H3,(H,20,21,23). The van der Waals surface area contributed by atoms with E-state index in [1.807, 2.05) is 12.1 Å². The average Bonchev–Trinajstić information content (AvgIpc) is 2.94. The number of carbonyl (C=O) groups excluding carboxylic acids is 1. The van der Waals surface area contributed by atoms with Gasteiger partial charge in [0, 0.05) is 0 Å². The molecule has 0 aliphatic carbocycles. The highest BCUT2D eigenvalue weighted by molar-refractivity contribution is 9.10. The number of methoxy groups -OCH3 is 1. The van der Waals surface area contributed by atoms with Gasteiger partial charge in [0.1, 0.15) is 0 Å². The van der Waals surface area contributed by atoms with E-state index in [1.165, 1.54) is 18.9 Å². The molecular formula is C17H12BrClN2O3S. The van der Waals surface area contributed by atoms with Crippen molar-refractivity contribution < 1.29 is 14.6 Å². The molecule has 25 heavy (non-hydrogen) atoms. The van der Waals surface area contributed by atoms with Gasteiger partial charge >= 0.3 is 0 Å². The zero-order valence-corrected chi connectivity index (χ0v) is 16.1. The van der Waals surface area contributed by atoms with E-state index in [2.05, 4.69) is 26.2 Å². The molecule has 1 heterocycles. The van der Waals surface area contributed by atoms with Crippen molar-refractivity contribution in [2.24, 2.45) is 4.99 Å². The Labute approximate surface area is 161 Å². The lowest BCUT2D eigenvalue weighted by Gasteiger charge is -2.07. The van der Waals surface area contributed by atoms with E-state index >= 15 is 0 Å². The van der Waals surface area contributed by atoms with Crippen molar-refractivity contribution in [2.45, 2.75) is 0 Å². The van der Waals surface area contributed by atoms with Gasteiger partial charge in [-0.2, -0.15) is 0 Å². The van der Waals surface area contributed by atoms with E-state index in [0.717, 1.165) is 0 Å². The molecule has 1 aliphatic heterocycles. The number of rotatable bonds is 3. The molecule has 0 bridgehead atoms. The number of halogens is 2. The fourth-order valence-electron chi connectivity index (χ4n) is 2.11. The number of nitrogens with zero attached hydrogens (tertiary/aromatic N) is 1. The lowest BCUT2D eigenvalue weighted by atomic mass is 10.2. The molecule has 5 nitrogen and oxygen atoms in total. The molecule has 1 amide bonds. The third-order valence-corrected chi connectivity index (χ3v) is 5.40. The number of thioether (sulfide) groups is 1. The smallest absolute Gasteiger partial charge is 0.264 e. The average molecular weight is 440 g/mol. The van der Waals surface area contributed by atoms with Crippen LogP contribution in [0.5, 0.6) is 11.5 Å². The number of hydrogen-bond donors (Lipinski definition) is 2. The predicted molar refractivity (Wildman–Crippen MR) is 105 cm³/mol. The first-order valence-electron chi connectivity index (χ1n) is 7.09. The molecule has 2 N–H and O–H groups in total. The van der Waals surface area contributed by atoms with E-state index in [0.29, 0.717) is 36.6 Å². The zero-order chi connectivity index (χ0) is 18.0. The first kappa shape index (κ1) is 17.8. The fourth-order valence-corrected chi connectivity index (χ4v) is 3.56. The second kappa shape index (κ2) is 7.51. The SMILES string of the molecule is COc1ccc(C=C2SC(=Nc3ccccc3Cl)NC2=O)c(Br)c1O. The van der Waals surface area contributed by atoms with Gasteiger partial charge in [0.05, 0.1) is 27.2 Å². The summed E-state index contributed by atoms with van der Waals surface area (Å²) in [6.45, 7) is 0. The Hall–Kier alpha value is -1.96. The van der Waals surface area contributed by atoms with Crippen molar-refractivity contribution in [3.63, 3.8) is 0 Å². The summed E-state index contributed by atoms with van der Waals surface area (Å²) in [5.41, 5.74) is 1.23. The summed E-state index contributed by atoms with van der Waals surface area (Å²) in [5.74, 6) is 0.0572. The number of hydrogen-bond acceptors (Lipinski definition) is 5. The Balaban J connectivity index is 1.90. The molecule has 1 saturated heterocycles. The number of aliphatic imine (C=N–C) groups is 1. The minimum Gasteiger partial charge on any atom is -0.503 e. The van der Waals surface area contributed by atoms with Gasteiger partial charge in [-0.1, -0.05) is 23.7 Å². The van der Waals surface area contributed by atoms with Gasteiger partial charge in [-0.25, -0.2) is 4.99 Å². The maximum absolute atomic E-state index is 12.2. The normalized spacial score (nSPS) is 17.2. The van der Waals surface area contributed by atoms with Crippen LogP contribution in [0.25, 0.3) is 6.08 Å². The summed E-state index contributed by atoms with van der Waals surface area (Å²) in [7, 11) is 1.47. The Bertz CT molecular complexity index is 915. The van der Waals surface area contributed by atoms with E-state index in [-0.39, 0.29) is 11.7 Å². The van der Waals surface area contributed by atoms with Gasteiger partial charge in [-0.15, -0.1) is 0 Å². The molecular weight excluding hydrogens is 428 g/mol. The molecule has 1 fully saturated rings. The molecule has 2 aromatic carbocycles. The van der Waals surface area contributed by atoms with Crippen LogP contribution in [0.2, 0.25) is 5.02 Å². The van der Waals surface area contributed by atoms with Gasteiger partial charge in [0.15, 0.2) is 16.7 Å². The summed E-state index contributed by atoms with van der Waals surface area (Å²) < 4.78 is 5.50. The van der Waals surface area contributed by atoms with Crippen molar-refractivity contribution in [3.05, 3.63) is 56.4 Å². The van der Waals surface area contributed by atoms with Gasteiger partial charge in [0.25, 0.3) is 5.91 Å². The van der Waals surface area contributed by atoms with Crippen molar-refractivity contribution >= 4 is 62.1 Å². The summed E-state index contributed by atoms with van der Waals surface area (Å²) in [6.07, 6.45) is 1.67. The molecule has 0 spiro atoms. The van der Waals surface area contributed by atoms with Crippen molar-refractivity contribution in [1.82, 2.24) is 5.32 Å². The van der Waals surface area contributed by atoms with Crippen molar-refractivity contribution in [1.29, 1.82) is 0 Å². The highest BCUT2D eigenvalue weighted by Crippen LogP contribution is 2.39. The van der Waals surface area contributed by atoms with Crippen molar-refractivity contribution in [2.75, 3.05) is 7.11 Å². The lowest BCUT2D eigenvalue weighted by molar-refractivity contribution is -0.115. The first-order chi connectivity index (χ1) is 12.0. The van der Waals surface area contributed by atoms with E-state index in [9.17, 15) is 9.90 Å². The summed E-state index contributed by atoms with van der Waals surface area (Å²) in [5, 5.41) is 13.7.